The molecule has 0 spiro atoms. The quantitative estimate of drug-likeness (QED) is 0.656. The number of aromatic amines is 1. The summed E-state index contributed by atoms with van der Waals surface area (Å²) in [4.78, 5) is 2.23. The Morgan fingerprint density at radius 1 is 1.12 bits per heavy atom. The fourth-order valence-corrected chi connectivity index (χ4v) is 2.53. The Balaban J connectivity index is 1.55. The number of likely N-dealkylation sites (N-methyl/N-ethyl adjacent to an activating group) is 1. The Labute approximate surface area is 142 Å². The Morgan fingerprint density at radius 3 is 2.71 bits per heavy atom. The summed E-state index contributed by atoms with van der Waals surface area (Å²) in [5, 5.41) is 6.79. The van der Waals surface area contributed by atoms with Crippen LogP contribution in [0, 0.1) is 0 Å². The van der Waals surface area contributed by atoms with Crippen molar-refractivity contribution in [1.29, 1.82) is 0 Å². The van der Waals surface area contributed by atoms with Gasteiger partial charge in [-0.1, -0.05) is 36.4 Å². The van der Waals surface area contributed by atoms with Crippen LogP contribution in [0.4, 0.5) is 5.69 Å². The second-order valence-electron chi connectivity index (χ2n) is 5.81. The topological polar surface area (TPSA) is 67.2 Å². The number of hydrogen-bond donors (Lipinski definition) is 2. The zero-order valence-corrected chi connectivity index (χ0v) is 13.8. The Hall–Kier alpha value is -2.79. The molecule has 0 fully saturated rings. The summed E-state index contributed by atoms with van der Waals surface area (Å²) in [6.45, 7) is 2.31. The molecular weight excluding hydrogens is 300 g/mol. The Bertz CT molecular complexity index is 756. The van der Waals surface area contributed by atoms with Gasteiger partial charge in [0.15, 0.2) is 0 Å². The molecule has 1 aromatic heterocycles. The summed E-state index contributed by atoms with van der Waals surface area (Å²) in [7, 11) is 2.08. The molecule has 3 N–H and O–H groups in total. The van der Waals surface area contributed by atoms with E-state index in [-0.39, 0.29) is 0 Å². The SMILES string of the molecule is CN(CCOc1cc(-c2cn[nH]c2)ccc1N)Cc1ccccc1. The number of ether oxygens (including phenoxy) is 1. The molecule has 0 amide bonds. The van der Waals surface area contributed by atoms with Crippen molar-refractivity contribution in [2.45, 2.75) is 6.54 Å². The lowest BCUT2D eigenvalue weighted by molar-refractivity contribution is 0.233. The molecule has 2 aromatic carbocycles. The summed E-state index contributed by atoms with van der Waals surface area (Å²) in [6, 6.07) is 16.2. The molecule has 5 nitrogen and oxygen atoms in total. The van der Waals surface area contributed by atoms with E-state index in [0.717, 1.165) is 24.2 Å². The van der Waals surface area contributed by atoms with Crippen molar-refractivity contribution >= 4 is 5.69 Å². The monoisotopic (exact) mass is 322 g/mol. The maximum Gasteiger partial charge on any atom is 0.142 e. The lowest BCUT2D eigenvalue weighted by atomic mass is 10.1. The van der Waals surface area contributed by atoms with Gasteiger partial charge >= 0.3 is 0 Å². The van der Waals surface area contributed by atoms with Crippen LogP contribution in [-0.2, 0) is 6.54 Å². The number of aromatic nitrogens is 2. The van der Waals surface area contributed by atoms with E-state index in [1.165, 1.54) is 5.56 Å². The number of anilines is 1. The number of rotatable bonds is 7. The van der Waals surface area contributed by atoms with Gasteiger partial charge in [-0.15, -0.1) is 0 Å². The van der Waals surface area contributed by atoms with Crippen LogP contribution in [-0.4, -0.2) is 35.3 Å². The molecule has 0 bridgehead atoms. The van der Waals surface area contributed by atoms with Crippen molar-refractivity contribution in [3.8, 4) is 16.9 Å². The average molecular weight is 322 g/mol. The molecule has 0 saturated heterocycles. The zero-order valence-electron chi connectivity index (χ0n) is 13.8. The molecule has 0 unspecified atom stereocenters. The zero-order chi connectivity index (χ0) is 16.8. The van der Waals surface area contributed by atoms with E-state index in [4.69, 9.17) is 10.5 Å². The van der Waals surface area contributed by atoms with Gasteiger partial charge in [-0.3, -0.25) is 10.00 Å². The van der Waals surface area contributed by atoms with E-state index in [0.29, 0.717) is 18.0 Å². The van der Waals surface area contributed by atoms with Crippen LogP contribution in [0.15, 0.2) is 60.9 Å². The molecule has 0 atom stereocenters. The van der Waals surface area contributed by atoms with E-state index in [2.05, 4.69) is 46.4 Å². The first-order chi connectivity index (χ1) is 11.7. The third kappa shape index (κ3) is 4.14. The highest BCUT2D eigenvalue weighted by atomic mass is 16.5. The summed E-state index contributed by atoms with van der Waals surface area (Å²) in [5.74, 6) is 0.710. The summed E-state index contributed by atoms with van der Waals surface area (Å²) in [6.07, 6.45) is 3.63. The van der Waals surface area contributed by atoms with Gasteiger partial charge < -0.3 is 10.5 Å². The molecule has 0 aliphatic heterocycles. The third-order valence-corrected chi connectivity index (χ3v) is 3.87. The molecule has 0 saturated carbocycles. The smallest absolute Gasteiger partial charge is 0.142 e. The molecule has 24 heavy (non-hydrogen) atoms. The van der Waals surface area contributed by atoms with Gasteiger partial charge in [0.1, 0.15) is 12.4 Å². The first-order valence-electron chi connectivity index (χ1n) is 7.96. The maximum atomic E-state index is 6.02. The minimum atomic E-state index is 0.586. The number of hydrogen-bond acceptors (Lipinski definition) is 4. The number of nitrogens with two attached hydrogens (primary N) is 1. The van der Waals surface area contributed by atoms with Gasteiger partial charge in [0.05, 0.1) is 11.9 Å². The summed E-state index contributed by atoms with van der Waals surface area (Å²) < 4.78 is 5.89. The molecule has 0 aliphatic carbocycles. The molecule has 3 aromatic rings. The molecule has 1 heterocycles. The number of H-pyrrole nitrogens is 1. The van der Waals surface area contributed by atoms with Crippen LogP contribution < -0.4 is 10.5 Å². The van der Waals surface area contributed by atoms with Crippen LogP contribution in [0.25, 0.3) is 11.1 Å². The van der Waals surface area contributed by atoms with Crippen LogP contribution in [0.1, 0.15) is 5.56 Å². The predicted molar refractivity (Wildman–Crippen MR) is 96.7 cm³/mol. The minimum absolute atomic E-state index is 0.586. The minimum Gasteiger partial charge on any atom is -0.490 e. The standard InChI is InChI=1S/C19H22N4O/c1-23(14-15-5-3-2-4-6-15)9-10-24-19-11-16(7-8-18(19)20)17-12-21-22-13-17/h2-8,11-13H,9-10,14,20H2,1H3,(H,21,22). The Kier molecular flexibility index (Phi) is 5.13. The van der Waals surface area contributed by atoms with E-state index < -0.39 is 0 Å². The van der Waals surface area contributed by atoms with Crippen molar-refractivity contribution in [3.63, 3.8) is 0 Å². The normalized spacial score (nSPS) is 10.9. The van der Waals surface area contributed by atoms with Gasteiger partial charge in [-0.25, -0.2) is 0 Å². The number of nitrogens with zero attached hydrogens (tertiary/aromatic N) is 2. The molecular formula is C19H22N4O. The van der Waals surface area contributed by atoms with Crippen molar-refractivity contribution in [1.82, 2.24) is 15.1 Å². The Morgan fingerprint density at radius 2 is 1.96 bits per heavy atom. The maximum absolute atomic E-state index is 6.02. The van der Waals surface area contributed by atoms with Crippen molar-refractivity contribution in [2.75, 3.05) is 25.9 Å². The predicted octanol–water partition coefficient (Wildman–Crippen LogP) is 3.17. The highest BCUT2D eigenvalue weighted by Crippen LogP contribution is 2.28. The first-order valence-corrected chi connectivity index (χ1v) is 7.96. The first kappa shape index (κ1) is 16.1. The van der Waals surface area contributed by atoms with E-state index in [1.807, 2.05) is 30.5 Å². The molecule has 0 radical (unpaired) electrons. The highest BCUT2D eigenvalue weighted by molar-refractivity contribution is 5.68. The average Bonchev–Trinajstić information content (AvgIpc) is 3.12. The van der Waals surface area contributed by atoms with E-state index in [9.17, 15) is 0 Å². The number of benzene rings is 2. The van der Waals surface area contributed by atoms with Crippen molar-refractivity contribution in [2.24, 2.45) is 0 Å². The lowest BCUT2D eigenvalue weighted by Crippen LogP contribution is -2.24. The van der Waals surface area contributed by atoms with Crippen LogP contribution in [0.3, 0.4) is 0 Å². The summed E-state index contributed by atoms with van der Waals surface area (Å²) >= 11 is 0. The van der Waals surface area contributed by atoms with Gasteiger partial charge in [0.2, 0.25) is 0 Å². The van der Waals surface area contributed by atoms with Crippen LogP contribution >= 0.6 is 0 Å². The number of nitrogen functional groups attached to an aromatic ring is 1. The third-order valence-electron chi connectivity index (χ3n) is 3.87. The second kappa shape index (κ2) is 7.66. The van der Waals surface area contributed by atoms with E-state index >= 15 is 0 Å². The van der Waals surface area contributed by atoms with Gasteiger partial charge in [-0.2, -0.15) is 5.10 Å². The molecule has 0 aliphatic rings. The fourth-order valence-electron chi connectivity index (χ4n) is 2.53. The van der Waals surface area contributed by atoms with Gasteiger partial charge in [0.25, 0.3) is 0 Å². The summed E-state index contributed by atoms with van der Waals surface area (Å²) in [5.41, 5.74) is 10.0. The van der Waals surface area contributed by atoms with Crippen molar-refractivity contribution in [3.05, 3.63) is 66.5 Å². The molecule has 124 valence electrons. The van der Waals surface area contributed by atoms with Crippen LogP contribution in [0.5, 0.6) is 5.75 Å². The second-order valence-corrected chi connectivity index (χ2v) is 5.81. The largest absolute Gasteiger partial charge is 0.490 e. The lowest BCUT2D eigenvalue weighted by Gasteiger charge is -2.17. The molecule has 5 heteroatoms. The molecule has 3 rings (SSSR count). The van der Waals surface area contributed by atoms with Gasteiger partial charge in [0, 0.05) is 24.8 Å². The fraction of sp³-hybridized carbons (Fsp3) is 0.211. The van der Waals surface area contributed by atoms with E-state index in [1.54, 1.807) is 6.20 Å². The van der Waals surface area contributed by atoms with Gasteiger partial charge in [-0.05, 0) is 30.3 Å². The van der Waals surface area contributed by atoms with Crippen LogP contribution in [0.2, 0.25) is 0 Å². The highest BCUT2D eigenvalue weighted by Gasteiger charge is 2.06. The number of nitrogens with one attached hydrogen (secondary N) is 1. The van der Waals surface area contributed by atoms with Crippen molar-refractivity contribution < 1.29 is 4.74 Å².